The number of carbonyl (C=O) groups excluding carboxylic acids is 1. The third-order valence-corrected chi connectivity index (χ3v) is 7.29. The monoisotopic (exact) mass is 560 g/mol. The zero-order chi connectivity index (χ0) is 24.1. The lowest BCUT2D eigenvalue weighted by molar-refractivity contribution is -0.135. The number of ether oxygens (including phenoxy) is 2. The molecule has 0 spiro atoms. The van der Waals surface area contributed by atoms with Gasteiger partial charge in [0, 0.05) is 9.85 Å². The van der Waals surface area contributed by atoms with Crippen molar-refractivity contribution in [2.24, 2.45) is 0 Å². The molecule has 34 heavy (non-hydrogen) atoms. The highest BCUT2D eigenvalue weighted by Crippen LogP contribution is 2.42. The number of halogens is 3. The smallest absolute Gasteiger partial charge is 0.343 e. The Bertz CT molecular complexity index is 1130. The van der Waals surface area contributed by atoms with E-state index >= 15 is 0 Å². The van der Waals surface area contributed by atoms with Gasteiger partial charge in [-0.1, -0.05) is 99.6 Å². The predicted molar refractivity (Wildman–Crippen MR) is 141 cm³/mol. The molecule has 1 aliphatic heterocycles. The number of epoxide rings is 1. The molecular formula is C28H27BrCl2O3. The molecule has 0 radical (unpaired) electrons. The number of unbranched alkanes of at least 4 members (excludes halogenated alkanes) is 1. The fourth-order valence-corrected chi connectivity index (χ4v) is 5.20. The highest BCUT2D eigenvalue weighted by Gasteiger charge is 2.48. The molecule has 3 aromatic carbocycles. The number of hydrogen-bond donors (Lipinski definition) is 0. The Balaban J connectivity index is 1.26. The van der Waals surface area contributed by atoms with Crippen molar-refractivity contribution in [2.45, 2.75) is 56.1 Å². The van der Waals surface area contributed by atoms with Gasteiger partial charge in [0.15, 0.2) is 6.10 Å². The molecule has 1 unspecified atom stereocenters. The van der Waals surface area contributed by atoms with E-state index in [1.165, 1.54) is 16.7 Å². The Morgan fingerprint density at radius 1 is 1.06 bits per heavy atom. The standard InChI is InChI=1S/C28H27BrCl2O3/c1-18-10-12-19(13-11-18)16-21(29)8-4-2-6-20-7-3-5-9-23(20)26-27(34-26)28(32)33-25-15-14-22(30)17-24(25)31/h3,5,7,9-15,17,21,26-27H,2,4,6,8,16H2,1H3/t21?,26-,27-/m1/s1. The van der Waals surface area contributed by atoms with Crippen LogP contribution in [0.25, 0.3) is 0 Å². The predicted octanol–water partition coefficient (Wildman–Crippen LogP) is 8.07. The maximum atomic E-state index is 12.6. The van der Waals surface area contributed by atoms with Gasteiger partial charge in [-0.15, -0.1) is 0 Å². The molecule has 0 aliphatic carbocycles. The summed E-state index contributed by atoms with van der Waals surface area (Å²) in [6.07, 6.45) is 4.42. The van der Waals surface area contributed by atoms with E-state index in [1.807, 2.05) is 18.2 Å². The van der Waals surface area contributed by atoms with Crippen LogP contribution in [0.4, 0.5) is 0 Å². The maximum Gasteiger partial charge on any atom is 0.343 e. The number of esters is 1. The summed E-state index contributed by atoms with van der Waals surface area (Å²) in [6.45, 7) is 2.11. The summed E-state index contributed by atoms with van der Waals surface area (Å²) in [5.41, 5.74) is 4.93. The Labute approximate surface area is 219 Å². The zero-order valence-electron chi connectivity index (χ0n) is 19.0. The van der Waals surface area contributed by atoms with E-state index in [0.29, 0.717) is 14.9 Å². The van der Waals surface area contributed by atoms with Gasteiger partial charge in [-0.2, -0.15) is 0 Å². The summed E-state index contributed by atoms with van der Waals surface area (Å²) in [6, 6.07) is 21.7. The number of aryl methyl sites for hydroxylation is 2. The molecule has 1 fully saturated rings. The normalized spacial score (nSPS) is 17.9. The maximum absolute atomic E-state index is 12.6. The number of benzene rings is 3. The molecule has 6 heteroatoms. The molecule has 1 heterocycles. The van der Waals surface area contributed by atoms with Crippen LogP contribution in [-0.2, 0) is 22.4 Å². The molecule has 4 rings (SSSR count). The summed E-state index contributed by atoms with van der Waals surface area (Å²) in [7, 11) is 0. The van der Waals surface area contributed by atoms with E-state index in [9.17, 15) is 4.79 Å². The van der Waals surface area contributed by atoms with Gasteiger partial charge in [0.1, 0.15) is 11.9 Å². The molecule has 0 aromatic heterocycles. The van der Waals surface area contributed by atoms with Crippen molar-refractivity contribution >= 4 is 45.1 Å². The summed E-state index contributed by atoms with van der Waals surface area (Å²) in [4.78, 5) is 13.0. The Kier molecular flexibility index (Phi) is 8.70. The first-order valence-corrected chi connectivity index (χ1v) is 13.2. The van der Waals surface area contributed by atoms with E-state index in [1.54, 1.807) is 18.2 Å². The second kappa shape index (κ2) is 11.7. The van der Waals surface area contributed by atoms with E-state index in [0.717, 1.165) is 37.7 Å². The molecule has 3 atom stereocenters. The lowest BCUT2D eigenvalue weighted by Crippen LogP contribution is -2.16. The Morgan fingerprint density at radius 3 is 2.59 bits per heavy atom. The highest BCUT2D eigenvalue weighted by molar-refractivity contribution is 9.09. The van der Waals surface area contributed by atoms with Gasteiger partial charge in [0.2, 0.25) is 0 Å². The van der Waals surface area contributed by atoms with Crippen molar-refractivity contribution in [1.29, 1.82) is 0 Å². The van der Waals surface area contributed by atoms with Crippen LogP contribution in [0.2, 0.25) is 10.0 Å². The average molecular weight is 562 g/mol. The van der Waals surface area contributed by atoms with E-state index in [-0.39, 0.29) is 11.9 Å². The molecule has 0 bridgehead atoms. The van der Waals surface area contributed by atoms with Crippen molar-refractivity contribution in [2.75, 3.05) is 0 Å². The van der Waals surface area contributed by atoms with Gasteiger partial charge in [0.25, 0.3) is 0 Å². The lowest BCUT2D eigenvalue weighted by atomic mass is 9.97. The van der Waals surface area contributed by atoms with Crippen LogP contribution in [0, 0.1) is 6.92 Å². The first kappa shape index (κ1) is 25.2. The fraction of sp³-hybridized carbons (Fsp3) is 0.321. The van der Waals surface area contributed by atoms with Crippen LogP contribution in [0.3, 0.4) is 0 Å². The molecule has 178 valence electrons. The van der Waals surface area contributed by atoms with E-state index in [2.05, 4.69) is 53.2 Å². The summed E-state index contributed by atoms with van der Waals surface area (Å²) < 4.78 is 11.1. The van der Waals surface area contributed by atoms with Crippen LogP contribution in [0.1, 0.15) is 47.6 Å². The molecule has 0 N–H and O–H groups in total. The second-order valence-corrected chi connectivity index (χ2v) is 10.8. The van der Waals surface area contributed by atoms with Gasteiger partial charge < -0.3 is 9.47 Å². The van der Waals surface area contributed by atoms with Gasteiger partial charge in [-0.05, 0) is 67.5 Å². The van der Waals surface area contributed by atoms with Gasteiger partial charge >= 0.3 is 5.97 Å². The number of rotatable bonds is 10. The first-order valence-electron chi connectivity index (χ1n) is 11.5. The van der Waals surface area contributed by atoms with Crippen LogP contribution >= 0.6 is 39.1 Å². The minimum absolute atomic E-state index is 0.278. The van der Waals surface area contributed by atoms with Gasteiger partial charge in [0.05, 0.1) is 5.02 Å². The minimum Gasteiger partial charge on any atom is -0.423 e. The molecular weight excluding hydrogens is 535 g/mol. The first-order chi connectivity index (χ1) is 16.4. The summed E-state index contributed by atoms with van der Waals surface area (Å²) in [5, 5.41) is 0.784. The molecule has 1 aliphatic rings. The Morgan fingerprint density at radius 2 is 1.82 bits per heavy atom. The largest absolute Gasteiger partial charge is 0.423 e. The zero-order valence-corrected chi connectivity index (χ0v) is 22.1. The van der Waals surface area contributed by atoms with Crippen LogP contribution in [0.5, 0.6) is 5.75 Å². The third kappa shape index (κ3) is 6.85. The molecule has 3 aromatic rings. The highest BCUT2D eigenvalue weighted by atomic mass is 79.9. The fourth-order valence-electron chi connectivity index (χ4n) is 4.06. The Hall–Kier alpha value is -1.85. The van der Waals surface area contributed by atoms with Crippen LogP contribution in [-0.4, -0.2) is 16.9 Å². The van der Waals surface area contributed by atoms with Crippen molar-refractivity contribution in [3.63, 3.8) is 0 Å². The van der Waals surface area contributed by atoms with E-state index < -0.39 is 12.1 Å². The average Bonchev–Trinajstić information content (AvgIpc) is 3.61. The van der Waals surface area contributed by atoms with Crippen LogP contribution in [0.15, 0.2) is 66.7 Å². The SMILES string of the molecule is Cc1ccc(CC(Br)CCCCc2ccccc2[C@H]2O[C@H]2C(=O)Oc2ccc(Cl)cc2Cl)cc1. The summed E-state index contributed by atoms with van der Waals surface area (Å²) >= 11 is 15.9. The topological polar surface area (TPSA) is 38.8 Å². The molecule has 0 saturated carbocycles. The molecule has 3 nitrogen and oxygen atoms in total. The van der Waals surface area contributed by atoms with Crippen molar-refractivity contribution < 1.29 is 14.3 Å². The third-order valence-electron chi connectivity index (χ3n) is 5.98. The minimum atomic E-state index is -0.616. The molecule has 1 saturated heterocycles. The number of hydrogen-bond acceptors (Lipinski definition) is 3. The van der Waals surface area contributed by atoms with Crippen molar-refractivity contribution in [3.05, 3.63) is 99.0 Å². The van der Waals surface area contributed by atoms with Crippen LogP contribution < -0.4 is 4.74 Å². The van der Waals surface area contributed by atoms with Crippen molar-refractivity contribution in [1.82, 2.24) is 0 Å². The van der Waals surface area contributed by atoms with Gasteiger partial charge in [-0.3, -0.25) is 0 Å². The second-order valence-electron chi connectivity index (χ2n) is 8.70. The quantitative estimate of drug-likeness (QED) is 0.0825. The van der Waals surface area contributed by atoms with E-state index in [4.69, 9.17) is 32.7 Å². The number of carbonyl (C=O) groups is 1. The lowest BCUT2D eigenvalue weighted by Gasteiger charge is -2.11. The van der Waals surface area contributed by atoms with Crippen molar-refractivity contribution in [3.8, 4) is 5.75 Å². The van der Waals surface area contributed by atoms with Gasteiger partial charge in [-0.25, -0.2) is 4.79 Å². The summed E-state index contributed by atoms with van der Waals surface area (Å²) in [5.74, 6) is -0.157. The molecule has 0 amide bonds. The number of alkyl halides is 1.